The van der Waals surface area contributed by atoms with Crippen LogP contribution in [0.1, 0.15) is 17.3 Å². The minimum absolute atomic E-state index is 0.110. The van der Waals surface area contributed by atoms with E-state index < -0.39 is 5.97 Å². The highest BCUT2D eigenvalue weighted by Crippen LogP contribution is 2.26. The van der Waals surface area contributed by atoms with Crippen molar-refractivity contribution in [2.75, 3.05) is 19.5 Å². The summed E-state index contributed by atoms with van der Waals surface area (Å²) in [6.45, 7) is 1.84. The van der Waals surface area contributed by atoms with Crippen molar-refractivity contribution < 1.29 is 19.1 Å². The van der Waals surface area contributed by atoms with Crippen molar-refractivity contribution in [2.45, 2.75) is 17.1 Å². The molecule has 2 rings (SSSR count). The van der Waals surface area contributed by atoms with Crippen LogP contribution in [0.4, 0.5) is 5.69 Å². The Bertz CT molecular complexity index is 698. The second-order valence-corrected chi connectivity index (χ2v) is 6.41. The van der Waals surface area contributed by atoms with Crippen LogP contribution in [0.5, 0.6) is 5.75 Å². The molecule has 0 saturated heterocycles. The first kappa shape index (κ1) is 17.9. The summed E-state index contributed by atoms with van der Waals surface area (Å²) in [6, 6.07) is 14.1. The summed E-state index contributed by atoms with van der Waals surface area (Å²) in [6.07, 6.45) is 0. The van der Waals surface area contributed by atoms with Crippen LogP contribution in [0.2, 0.25) is 0 Å². The van der Waals surface area contributed by atoms with Crippen molar-refractivity contribution in [1.82, 2.24) is 0 Å². The molecule has 0 aliphatic carbocycles. The average molecular weight is 345 g/mol. The lowest BCUT2D eigenvalue weighted by Crippen LogP contribution is -2.22. The normalized spacial score (nSPS) is 11.5. The van der Waals surface area contributed by atoms with Gasteiger partial charge in [0.1, 0.15) is 5.75 Å². The Labute approximate surface area is 145 Å². The molecule has 0 bridgehead atoms. The molecule has 0 aliphatic heterocycles. The summed E-state index contributed by atoms with van der Waals surface area (Å²) in [5.41, 5.74) is 1.07. The molecule has 5 nitrogen and oxygen atoms in total. The largest absolute Gasteiger partial charge is 0.497 e. The maximum atomic E-state index is 12.3. The van der Waals surface area contributed by atoms with Crippen LogP contribution in [0.15, 0.2) is 53.4 Å². The molecule has 126 valence electrons. The zero-order valence-electron chi connectivity index (χ0n) is 13.7. The number of hydrogen-bond acceptors (Lipinski definition) is 5. The highest BCUT2D eigenvalue weighted by Gasteiger charge is 2.15. The van der Waals surface area contributed by atoms with Crippen molar-refractivity contribution in [3.05, 3.63) is 54.1 Å². The molecule has 24 heavy (non-hydrogen) atoms. The molecule has 2 aromatic carbocycles. The number of nitrogens with one attached hydrogen (secondary N) is 1. The third kappa shape index (κ3) is 4.76. The Kier molecular flexibility index (Phi) is 6.26. The molecule has 1 N–H and O–H groups in total. The predicted molar refractivity (Wildman–Crippen MR) is 94.7 cm³/mol. The first-order valence-electron chi connectivity index (χ1n) is 7.33. The molecular weight excluding hydrogens is 326 g/mol. The number of anilines is 1. The van der Waals surface area contributed by atoms with Crippen LogP contribution >= 0.6 is 11.8 Å². The number of thioether (sulfide) groups is 1. The van der Waals surface area contributed by atoms with Gasteiger partial charge in [0.15, 0.2) is 0 Å². The second kappa shape index (κ2) is 8.40. The van der Waals surface area contributed by atoms with Gasteiger partial charge in [-0.15, -0.1) is 11.8 Å². The minimum atomic E-state index is -0.406. The van der Waals surface area contributed by atoms with E-state index in [4.69, 9.17) is 4.74 Å². The number of hydrogen-bond donors (Lipinski definition) is 1. The van der Waals surface area contributed by atoms with Gasteiger partial charge in [-0.05, 0) is 55.5 Å². The monoisotopic (exact) mass is 345 g/mol. The summed E-state index contributed by atoms with van der Waals surface area (Å²) >= 11 is 1.46. The minimum Gasteiger partial charge on any atom is -0.497 e. The van der Waals surface area contributed by atoms with E-state index in [9.17, 15) is 9.59 Å². The molecule has 0 aromatic heterocycles. The van der Waals surface area contributed by atoms with Gasteiger partial charge >= 0.3 is 5.97 Å². The van der Waals surface area contributed by atoms with Crippen LogP contribution in [0.3, 0.4) is 0 Å². The van der Waals surface area contributed by atoms with Crippen molar-refractivity contribution in [2.24, 2.45) is 0 Å². The Morgan fingerprint density at radius 3 is 2.17 bits per heavy atom. The third-order valence-electron chi connectivity index (χ3n) is 3.32. The zero-order valence-corrected chi connectivity index (χ0v) is 14.6. The van der Waals surface area contributed by atoms with E-state index in [1.54, 1.807) is 31.4 Å². The first-order chi connectivity index (χ1) is 11.5. The van der Waals surface area contributed by atoms with Gasteiger partial charge in [-0.25, -0.2) is 4.79 Å². The van der Waals surface area contributed by atoms with E-state index in [0.717, 1.165) is 10.6 Å². The van der Waals surface area contributed by atoms with Gasteiger partial charge in [-0.1, -0.05) is 0 Å². The molecule has 0 aliphatic rings. The fourth-order valence-corrected chi connectivity index (χ4v) is 2.83. The van der Waals surface area contributed by atoms with Crippen molar-refractivity contribution in [3.8, 4) is 5.75 Å². The fourth-order valence-electron chi connectivity index (χ4n) is 1.96. The molecule has 0 saturated carbocycles. The lowest BCUT2D eigenvalue weighted by Gasteiger charge is -2.12. The number of rotatable bonds is 6. The SMILES string of the molecule is COC(=O)c1ccc(NC(=O)[C@@H](C)Sc2ccc(OC)cc2)cc1. The van der Waals surface area contributed by atoms with E-state index in [-0.39, 0.29) is 11.2 Å². The summed E-state index contributed by atoms with van der Waals surface area (Å²) in [5.74, 6) is 0.264. The number of esters is 1. The molecule has 0 radical (unpaired) electrons. The van der Waals surface area contributed by atoms with Crippen LogP contribution in [0, 0.1) is 0 Å². The van der Waals surface area contributed by atoms with Gasteiger partial charge in [0.05, 0.1) is 25.0 Å². The number of benzene rings is 2. The Morgan fingerprint density at radius 1 is 1.00 bits per heavy atom. The second-order valence-electron chi connectivity index (χ2n) is 4.99. The van der Waals surface area contributed by atoms with Gasteiger partial charge in [-0.2, -0.15) is 0 Å². The summed E-state index contributed by atoms with van der Waals surface area (Å²) in [5, 5.41) is 2.57. The number of amides is 1. The lowest BCUT2D eigenvalue weighted by molar-refractivity contribution is -0.115. The predicted octanol–water partition coefficient (Wildman–Crippen LogP) is 3.60. The number of carbonyl (C=O) groups is 2. The maximum Gasteiger partial charge on any atom is 0.337 e. The molecule has 2 aromatic rings. The van der Waals surface area contributed by atoms with Gasteiger partial charge in [-0.3, -0.25) is 4.79 Å². The summed E-state index contributed by atoms with van der Waals surface area (Å²) < 4.78 is 9.75. The van der Waals surface area contributed by atoms with Crippen molar-refractivity contribution >= 4 is 29.3 Å². The zero-order chi connectivity index (χ0) is 17.5. The molecule has 0 spiro atoms. The van der Waals surface area contributed by atoms with Crippen molar-refractivity contribution in [3.63, 3.8) is 0 Å². The molecule has 1 amide bonds. The molecule has 6 heteroatoms. The van der Waals surface area contributed by atoms with Gasteiger partial charge in [0, 0.05) is 10.6 Å². The fraction of sp³-hybridized carbons (Fsp3) is 0.222. The third-order valence-corrected chi connectivity index (χ3v) is 4.43. The Balaban J connectivity index is 1.94. The average Bonchev–Trinajstić information content (AvgIpc) is 2.62. The Morgan fingerprint density at radius 2 is 1.62 bits per heavy atom. The highest BCUT2D eigenvalue weighted by molar-refractivity contribution is 8.00. The van der Waals surface area contributed by atoms with Crippen LogP contribution in [-0.2, 0) is 9.53 Å². The van der Waals surface area contributed by atoms with E-state index in [1.165, 1.54) is 18.9 Å². The maximum absolute atomic E-state index is 12.3. The lowest BCUT2D eigenvalue weighted by atomic mass is 10.2. The number of ether oxygens (including phenoxy) is 2. The van der Waals surface area contributed by atoms with Crippen LogP contribution in [-0.4, -0.2) is 31.3 Å². The van der Waals surface area contributed by atoms with Gasteiger partial charge in [0.2, 0.25) is 5.91 Å². The highest BCUT2D eigenvalue weighted by atomic mass is 32.2. The van der Waals surface area contributed by atoms with Crippen molar-refractivity contribution in [1.29, 1.82) is 0 Å². The van der Waals surface area contributed by atoms with E-state index >= 15 is 0 Å². The standard InChI is InChI=1S/C18H19NO4S/c1-12(24-16-10-8-15(22-2)9-11-16)17(20)19-14-6-4-13(5-7-14)18(21)23-3/h4-12H,1-3H3,(H,19,20)/t12-/m1/s1. The van der Waals surface area contributed by atoms with Crippen LogP contribution < -0.4 is 10.1 Å². The number of methoxy groups -OCH3 is 2. The van der Waals surface area contributed by atoms with Gasteiger partial charge in [0.25, 0.3) is 0 Å². The first-order valence-corrected chi connectivity index (χ1v) is 8.21. The summed E-state index contributed by atoms with van der Waals surface area (Å²) in [4.78, 5) is 24.6. The molecular formula is C18H19NO4S. The quantitative estimate of drug-likeness (QED) is 0.640. The van der Waals surface area contributed by atoms with E-state index in [0.29, 0.717) is 11.3 Å². The number of carbonyl (C=O) groups excluding carboxylic acids is 2. The molecule has 0 heterocycles. The van der Waals surface area contributed by atoms with Gasteiger partial charge < -0.3 is 14.8 Å². The molecule has 1 atom stereocenters. The van der Waals surface area contributed by atoms with E-state index in [2.05, 4.69) is 10.1 Å². The Hall–Kier alpha value is -2.47. The van der Waals surface area contributed by atoms with Crippen LogP contribution in [0.25, 0.3) is 0 Å². The smallest absolute Gasteiger partial charge is 0.337 e. The molecule has 0 fully saturated rings. The molecule has 0 unspecified atom stereocenters. The van der Waals surface area contributed by atoms with E-state index in [1.807, 2.05) is 31.2 Å². The summed E-state index contributed by atoms with van der Waals surface area (Å²) in [7, 11) is 2.94. The topological polar surface area (TPSA) is 64.6 Å².